The van der Waals surface area contributed by atoms with Gasteiger partial charge in [0, 0.05) is 11.8 Å². The van der Waals surface area contributed by atoms with E-state index in [-0.39, 0.29) is 18.4 Å². The summed E-state index contributed by atoms with van der Waals surface area (Å²) >= 11 is 0. The van der Waals surface area contributed by atoms with E-state index >= 15 is 0 Å². The van der Waals surface area contributed by atoms with Crippen molar-refractivity contribution in [2.45, 2.75) is 57.7 Å². The van der Waals surface area contributed by atoms with Gasteiger partial charge in [0.1, 0.15) is 0 Å². The molecule has 1 unspecified atom stereocenters. The molecule has 1 fully saturated rings. The molecule has 5 atom stereocenters. The van der Waals surface area contributed by atoms with Crippen LogP contribution < -0.4 is 0 Å². The molecule has 0 radical (unpaired) electrons. The average Bonchev–Trinajstić information content (AvgIpc) is 2.59. The predicted molar refractivity (Wildman–Crippen MR) is 71.0 cm³/mol. The van der Waals surface area contributed by atoms with Crippen LogP contribution in [-0.2, 0) is 0 Å². The van der Waals surface area contributed by atoms with Crippen LogP contribution in [0.25, 0.3) is 0 Å². The fourth-order valence-corrected chi connectivity index (χ4v) is 3.59. The Morgan fingerprint density at radius 3 is 2.67 bits per heavy atom. The van der Waals surface area contributed by atoms with Crippen molar-refractivity contribution in [3.05, 3.63) is 11.6 Å². The third kappa shape index (κ3) is 2.36. The van der Waals surface area contributed by atoms with Crippen molar-refractivity contribution in [1.29, 1.82) is 0 Å². The Morgan fingerprint density at radius 2 is 2.06 bits per heavy atom. The molecule has 18 heavy (non-hydrogen) atoms. The van der Waals surface area contributed by atoms with Crippen molar-refractivity contribution >= 4 is 0 Å². The standard InChI is InChI=1S/C15H26O3/c1-10-4-5-13-12(10)8-11(15(3,18)9-16)6-7-14(13,2)17/h8,10-11,13,16-18H,4-7,9H2,1-3H3/t10-,11+,13-,14-,15?/m0/s1. The van der Waals surface area contributed by atoms with E-state index in [4.69, 9.17) is 0 Å². The predicted octanol–water partition coefficient (Wildman–Crippen LogP) is 1.86. The summed E-state index contributed by atoms with van der Waals surface area (Å²) in [4.78, 5) is 0. The molecule has 2 rings (SSSR count). The average molecular weight is 254 g/mol. The van der Waals surface area contributed by atoms with Crippen LogP contribution >= 0.6 is 0 Å². The van der Waals surface area contributed by atoms with Gasteiger partial charge in [0.2, 0.25) is 0 Å². The summed E-state index contributed by atoms with van der Waals surface area (Å²) in [7, 11) is 0. The van der Waals surface area contributed by atoms with E-state index in [1.165, 1.54) is 5.57 Å². The number of hydrogen-bond donors (Lipinski definition) is 3. The molecule has 0 spiro atoms. The normalized spacial score (nSPS) is 43.9. The molecule has 0 bridgehead atoms. The number of rotatable bonds is 2. The number of aliphatic hydroxyl groups excluding tert-OH is 1. The molecule has 0 amide bonds. The van der Waals surface area contributed by atoms with E-state index in [2.05, 4.69) is 13.0 Å². The lowest BCUT2D eigenvalue weighted by Crippen LogP contribution is -2.38. The van der Waals surface area contributed by atoms with Gasteiger partial charge < -0.3 is 15.3 Å². The van der Waals surface area contributed by atoms with Crippen LogP contribution in [-0.4, -0.2) is 33.1 Å². The van der Waals surface area contributed by atoms with Crippen molar-refractivity contribution in [2.75, 3.05) is 6.61 Å². The van der Waals surface area contributed by atoms with Gasteiger partial charge in [0.25, 0.3) is 0 Å². The summed E-state index contributed by atoms with van der Waals surface area (Å²) in [6.07, 6.45) is 5.70. The summed E-state index contributed by atoms with van der Waals surface area (Å²) < 4.78 is 0. The number of aliphatic hydroxyl groups is 3. The molecule has 104 valence electrons. The molecule has 3 N–H and O–H groups in total. The van der Waals surface area contributed by atoms with Gasteiger partial charge in [-0.2, -0.15) is 0 Å². The number of hydrogen-bond acceptors (Lipinski definition) is 3. The SMILES string of the molecule is C[C@H]1CC[C@H]2C1=C[C@H](C(C)(O)CO)CC[C@]2(C)O. The Hall–Kier alpha value is -0.380. The topological polar surface area (TPSA) is 60.7 Å². The molecular formula is C15H26O3. The Labute approximate surface area is 110 Å². The van der Waals surface area contributed by atoms with Gasteiger partial charge in [-0.3, -0.25) is 0 Å². The Morgan fingerprint density at radius 1 is 1.39 bits per heavy atom. The highest BCUT2D eigenvalue weighted by molar-refractivity contribution is 5.23. The minimum absolute atomic E-state index is 0.0606. The minimum atomic E-state index is -1.08. The van der Waals surface area contributed by atoms with Crippen molar-refractivity contribution in [3.8, 4) is 0 Å². The molecule has 2 aliphatic carbocycles. The van der Waals surface area contributed by atoms with Gasteiger partial charge in [-0.1, -0.05) is 18.6 Å². The second kappa shape index (κ2) is 4.62. The fourth-order valence-electron chi connectivity index (χ4n) is 3.59. The van der Waals surface area contributed by atoms with Crippen molar-refractivity contribution in [1.82, 2.24) is 0 Å². The van der Waals surface area contributed by atoms with Gasteiger partial charge in [0.15, 0.2) is 0 Å². The van der Waals surface area contributed by atoms with E-state index in [1.807, 2.05) is 6.92 Å². The third-order valence-corrected chi connectivity index (χ3v) is 5.08. The van der Waals surface area contributed by atoms with Crippen LogP contribution in [0.2, 0.25) is 0 Å². The summed E-state index contributed by atoms with van der Waals surface area (Å²) in [6, 6.07) is 0. The zero-order valence-corrected chi connectivity index (χ0v) is 11.7. The highest BCUT2D eigenvalue weighted by Gasteiger charge is 2.44. The Kier molecular flexibility index (Phi) is 3.60. The third-order valence-electron chi connectivity index (χ3n) is 5.08. The molecular weight excluding hydrogens is 228 g/mol. The second-order valence-electron chi connectivity index (χ2n) is 6.72. The maximum absolute atomic E-state index is 10.6. The Bertz CT molecular complexity index is 344. The zero-order valence-electron chi connectivity index (χ0n) is 11.7. The molecule has 1 saturated carbocycles. The summed E-state index contributed by atoms with van der Waals surface area (Å²) in [5.41, 5.74) is -0.465. The van der Waals surface area contributed by atoms with E-state index < -0.39 is 11.2 Å². The highest BCUT2D eigenvalue weighted by atomic mass is 16.3. The van der Waals surface area contributed by atoms with Crippen molar-refractivity contribution in [3.63, 3.8) is 0 Å². The molecule has 3 nitrogen and oxygen atoms in total. The van der Waals surface area contributed by atoms with Crippen LogP contribution in [0.1, 0.15) is 46.5 Å². The molecule has 0 aromatic carbocycles. The second-order valence-corrected chi connectivity index (χ2v) is 6.72. The van der Waals surface area contributed by atoms with Gasteiger partial charge in [-0.25, -0.2) is 0 Å². The van der Waals surface area contributed by atoms with Crippen LogP contribution in [0, 0.1) is 17.8 Å². The molecule has 0 aliphatic heterocycles. The van der Waals surface area contributed by atoms with Crippen molar-refractivity contribution in [2.24, 2.45) is 17.8 Å². The van der Waals surface area contributed by atoms with Crippen LogP contribution in [0.15, 0.2) is 11.6 Å². The quantitative estimate of drug-likeness (QED) is 0.659. The maximum atomic E-state index is 10.6. The van der Waals surface area contributed by atoms with E-state index in [1.54, 1.807) is 6.92 Å². The first-order valence-electron chi connectivity index (χ1n) is 7.05. The molecule has 0 aromatic rings. The summed E-state index contributed by atoms with van der Waals surface area (Å²) in [5.74, 6) is 0.651. The lowest BCUT2D eigenvalue weighted by molar-refractivity contribution is -0.0435. The largest absolute Gasteiger partial charge is 0.393 e. The number of fused-ring (bicyclic) bond motifs is 1. The monoisotopic (exact) mass is 254 g/mol. The maximum Gasteiger partial charge on any atom is 0.0911 e. The molecule has 3 heteroatoms. The van der Waals surface area contributed by atoms with Gasteiger partial charge in [-0.15, -0.1) is 0 Å². The minimum Gasteiger partial charge on any atom is -0.393 e. The molecule has 0 aromatic heterocycles. The lowest BCUT2D eigenvalue weighted by Gasteiger charge is -2.31. The van der Waals surface area contributed by atoms with Crippen molar-refractivity contribution < 1.29 is 15.3 Å². The highest BCUT2D eigenvalue weighted by Crippen LogP contribution is 2.48. The first-order chi connectivity index (χ1) is 8.28. The zero-order chi connectivity index (χ0) is 13.6. The molecule has 0 saturated heterocycles. The lowest BCUT2D eigenvalue weighted by atomic mass is 9.82. The van der Waals surface area contributed by atoms with Gasteiger partial charge >= 0.3 is 0 Å². The van der Waals surface area contributed by atoms with Gasteiger partial charge in [0.05, 0.1) is 17.8 Å². The van der Waals surface area contributed by atoms with E-state index in [0.717, 1.165) is 19.3 Å². The van der Waals surface area contributed by atoms with Crippen LogP contribution in [0.5, 0.6) is 0 Å². The van der Waals surface area contributed by atoms with Crippen LogP contribution in [0.4, 0.5) is 0 Å². The summed E-state index contributed by atoms with van der Waals surface area (Å²) in [6.45, 7) is 5.56. The van der Waals surface area contributed by atoms with Gasteiger partial charge in [-0.05, 0) is 45.4 Å². The molecule has 0 heterocycles. The smallest absolute Gasteiger partial charge is 0.0911 e. The first-order valence-corrected chi connectivity index (χ1v) is 7.05. The first kappa shape index (κ1) is 14.0. The Balaban J connectivity index is 2.34. The van der Waals surface area contributed by atoms with Crippen LogP contribution in [0.3, 0.4) is 0 Å². The molecule has 2 aliphatic rings. The van der Waals surface area contributed by atoms with E-state index in [9.17, 15) is 15.3 Å². The summed E-state index contributed by atoms with van der Waals surface area (Å²) in [5, 5.41) is 30.2. The van der Waals surface area contributed by atoms with E-state index in [0.29, 0.717) is 12.3 Å². The fraction of sp³-hybridized carbons (Fsp3) is 0.867.